The molecule has 0 aliphatic heterocycles. The molecule has 2 heterocycles. The lowest BCUT2D eigenvalue weighted by Crippen LogP contribution is -2.22. The molecule has 96 valence electrons. The molecule has 0 unspecified atom stereocenters. The zero-order valence-electron chi connectivity index (χ0n) is 10.3. The number of rotatable bonds is 3. The third-order valence-corrected chi connectivity index (χ3v) is 3.84. The number of carbonyl (C=O) groups excluding carboxylic acids is 1. The molecule has 19 heavy (non-hydrogen) atoms. The number of nitrogens with one attached hydrogen (secondary N) is 1. The van der Waals surface area contributed by atoms with Crippen molar-refractivity contribution >= 4 is 27.5 Å². The third-order valence-electron chi connectivity index (χ3n) is 2.81. The molecule has 1 amide bonds. The Bertz CT molecular complexity index is 697. The highest BCUT2D eigenvalue weighted by Crippen LogP contribution is 2.21. The number of aromatic nitrogens is 1. The Morgan fingerprint density at radius 1 is 1.37 bits per heavy atom. The van der Waals surface area contributed by atoms with Crippen molar-refractivity contribution in [3.8, 4) is 0 Å². The van der Waals surface area contributed by atoms with Crippen LogP contribution in [0.25, 0.3) is 10.2 Å². The van der Waals surface area contributed by atoms with Gasteiger partial charge in [-0.25, -0.2) is 4.98 Å². The first kappa shape index (κ1) is 11.9. The first-order chi connectivity index (χ1) is 9.24. The van der Waals surface area contributed by atoms with Crippen LogP contribution in [-0.2, 0) is 6.54 Å². The molecule has 0 atom stereocenters. The summed E-state index contributed by atoms with van der Waals surface area (Å²) in [6.07, 6.45) is 1.52. The first-order valence-corrected chi connectivity index (χ1v) is 6.72. The number of furan rings is 1. The van der Waals surface area contributed by atoms with E-state index in [4.69, 9.17) is 4.42 Å². The van der Waals surface area contributed by atoms with E-state index in [1.165, 1.54) is 6.26 Å². The van der Waals surface area contributed by atoms with Gasteiger partial charge in [0.25, 0.3) is 5.91 Å². The summed E-state index contributed by atoms with van der Waals surface area (Å²) in [7, 11) is 0. The van der Waals surface area contributed by atoms with Gasteiger partial charge >= 0.3 is 0 Å². The Balaban J connectivity index is 1.72. The van der Waals surface area contributed by atoms with E-state index in [1.54, 1.807) is 17.4 Å². The Morgan fingerprint density at radius 2 is 2.21 bits per heavy atom. The summed E-state index contributed by atoms with van der Waals surface area (Å²) < 4.78 is 6.27. The molecule has 2 aromatic heterocycles. The monoisotopic (exact) mass is 272 g/mol. The highest BCUT2D eigenvalue weighted by Gasteiger charge is 2.12. The largest absolute Gasteiger partial charge is 0.459 e. The van der Waals surface area contributed by atoms with Crippen LogP contribution in [0.3, 0.4) is 0 Å². The number of fused-ring (bicyclic) bond motifs is 1. The summed E-state index contributed by atoms with van der Waals surface area (Å²) in [6.45, 7) is 2.26. The second-order valence-corrected chi connectivity index (χ2v) is 5.31. The molecular weight excluding hydrogens is 260 g/mol. The highest BCUT2D eigenvalue weighted by atomic mass is 32.1. The Kier molecular flexibility index (Phi) is 3.05. The number of thiazole rings is 1. The first-order valence-electron chi connectivity index (χ1n) is 5.91. The van der Waals surface area contributed by atoms with Crippen molar-refractivity contribution in [2.45, 2.75) is 13.5 Å². The number of hydrogen-bond donors (Lipinski definition) is 1. The van der Waals surface area contributed by atoms with Crippen molar-refractivity contribution in [3.05, 3.63) is 52.9 Å². The number of amides is 1. The highest BCUT2D eigenvalue weighted by molar-refractivity contribution is 7.18. The standard InChI is InChI=1S/C14H12N2O2S/c1-9-6-7-18-13(9)14(17)15-8-12-16-10-4-2-3-5-11(10)19-12/h2-7H,8H2,1H3,(H,15,17). The Hall–Kier alpha value is -2.14. The van der Waals surface area contributed by atoms with E-state index in [2.05, 4.69) is 10.3 Å². The third kappa shape index (κ3) is 2.37. The summed E-state index contributed by atoms with van der Waals surface area (Å²) in [6, 6.07) is 9.70. The normalized spacial score (nSPS) is 10.8. The van der Waals surface area contributed by atoms with Gasteiger partial charge in [-0.05, 0) is 25.1 Å². The van der Waals surface area contributed by atoms with Crippen molar-refractivity contribution < 1.29 is 9.21 Å². The maximum atomic E-state index is 11.9. The lowest BCUT2D eigenvalue weighted by molar-refractivity contribution is 0.0922. The minimum atomic E-state index is -0.207. The van der Waals surface area contributed by atoms with E-state index in [1.807, 2.05) is 31.2 Å². The van der Waals surface area contributed by atoms with Crippen LogP contribution in [0, 0.1) is 6.92 Å². The average Bonchev–Trinajstić information content (AvgIpc) is 3.01. The van der Waals surface area contributed by atoms with Crippen LogP contribution < -0.4 is 5.32 Å². The summed E-state index contributed by atoms with van der Waals surface area (Å²) >= 11 is 1.58. The molecular formula is C14H12N2O2S. The Labute approximate surface area is 114 Å². The number of para-hydroxylation sites is 1. The van der Waals surface area contributed by atoms with Crippen molar-refractivity contribution in [3.63, 3.8) is 0 Å². The molecule has 1 N–H and O–H groups in total. The molecule has 0 saturated heterocycles. The smallest absolute Gasteiger partial charge is 0.287 e. The molecule has 0 aliphatic carbocycles. The molecule has 5 heteroatoms. The van der Waals surface area contributed by atoms with Crippen molar-refractivity contribution in [2.24, 2.45) is 0 Å². The van der Waals surface area contributed by atoms with Gasteiger partial charge in [-0.1, -0.05) is 12.1 Å². The van der Waals surface area contributed by atoms with Crippen LogP contribution in [0.1, 0.15) is 21.1 Å². The van der Waals surface area contributed by atoms with Crippen LogP contribution in [0.15, 0.2) is 41.0 Å². The SMILES string of the molecule is Cc1ccoc1C(=O)NCc1nc2ccccc2s1. The van der Waals surface area contributed by atoms with Crippen molar-refractivity contribution in [2.75, 3.05) is 0 Å². The number of benzene rings is 1. The molecule has 0 saturated carbocycles. The predicted molar refractivity (Wildman–Crippen MR) is 74.2 cm³/mol. The van der Waals surface area contributed by atoms with Gasteiger partial charge in [0.1, 0.15) is 5.01 Å². The van der Waals surface area contributed by atoms with Gasteiger partial charge in [0.05, 0.1) is 23.0 Å². The number of carbonyl (C=O) groups is 1. The molecule has 0 radical (unpaired) electrons. The second kappa shape index (κ2) is 4.85. The lowest BCUT2D eigenvalue weighted by Gasteiger charge is -2.00. The zero-order chi connectivity index (χ0) is 13.2. The molecule has 0 spiro atoms. The van der Waals surface area contributed by atoms with Crippen molar-refractivity contribution in [1.82, 2.24) is 10.3 Å². The summed E-state index contributed by atoms with van der Waals surface area (Å²) in [5, 5.41) is 3.71. The summed E-state index contributed by atoms with van der Waals surface area (Å²) in [5.74, 6) is 0.155. The summed E-state index contributed by atoms with van der Waals surface area (Å²) in [4.78, 5) is 16.3. The van der Waals surface area contributed by atoms with Gasteiger partial charge in [-0.2, -0.15) is 0 Å². The van der Waals surface area contributed by atoms with Crippen LogP contribution in [0.2, 0.25) is 0 Å². The molecule has 1 aromatic carbocycles. The Morgan fingerprint density at radius 3 is 2.95 bits per heavy atom. The van der Waals surface area contributed by atoms with E-state index >= 15 is 0 Å². The van der Waals surface area contributed by atoms with Gasteiger partial charge in [-0.3, -0.25) is 4.79 Å². The molecule has 0 fully saturated rings. The molecule has 0 bridgehead atoms. The van der Waals surface area contributed by atoms with Crippen LogP contribution in [0.5, 0.6) is 0 Å². The maximum absolute atomic E-state index is 11.9. The van der Waals surface area contributed by atoms with E-state index < -0.39 is 0 Å². The van der Waals surface area contributed by atoms with Gasteiger partial charge in [0, 0.05) is 5.56 Å². The fourth-order valence-corrected chi connectivity index (χ4v) is 2.74. The van der Waals surface area contributed by atoms with Gasteiger partial charge in [0.15, 0.2) is 5.76 Å². The van der Waals surface area contributed by atoms with E-state index in [-0.39, 0.29) is 5.91 Å². The number of nitrogens with zero attached hydrogens (tertiary/aromatic N) is 1. The minimum Gasteiger partial charge on any atom is -0.459 e. The number of aryl methyl sites for hydroxylation is 1. The quantitative estimate of drug-likeness (QED) is 0.797. The molecule has 3 aromatic rings. The fourth-order valence-electron chi connectivity index (χ4n) is 1.84. The predicted octanol–water partition coefficient (Wildman–Crippen LogP) is 3.13. The topological polar surface area (TPSA) is 55.1 Å². The van der Waals surface area contributed by atoms with E-state index in [0.717, 1.165) is 20.8 Å². The lowest BCUT2D eigenvalue weighted by atomic mass is 10.3. The average molecular weight is 272 g/mol. The zero-order valence-corrected chi connectivity index (χ0v) is 11.2. The van der Waals surface area contributed by atoms with Crippen LogP contribution in [-0.4, -0.2) is 10.9 Å². The van der Waals surface area contributed by atoms with Gasteiger partial charge in [-0.15, -0.1) is 11.3 Å². The molecule has 4 nitrogen and oxygen atoms in total. The maximum Gasteiger partial charge on any atom is 0.287 e. The van der Waals surface area contributed by atoms with E-state index in [9.17, 15) is 4.79 Å². The van der Waals surface area contributed by atoms with E-state index in [0.29, 0.717) is 12.3 Å². The molecule has 0 aliphatic rings. The fraction of sp³-hybridized carbons (Fsp3) is 0.143. The molecule has 3 rings (SSSR count). The van der Waals surface area contributed by atoms with Crippen LogP contribution in [0.4, 0.5) is 0 Å². The van der Waals surface area contributed by atoms with Crippen LogP contribution >= 0.6 is 11.3 Å². The minimum absolute atomic E-state index is 0.207. The van der Waals surface area contributed by atoms with Gasteiger partial charge < -0.3 is 9.73 Å². The second-order valence-electron chi connectivity index (χ2n) is 4.19. The number of hydrogen-bond acceptors (Lipinski definition) is 4. The summed E-state index contributed by atoms with van der Waals surface area (Å²) in [5.41, 5.74) is 1.80. The van der Waals surface area contributed by atoms with Crippen molar-refractivity contribution in [1.29, 1.82) is 0 Å². The van der Waals surface area contributed by atoms with Gasteiger partial charge in [0.2, 0.25) is 0 Å².